The van der Waals surface area contributed by atoms with E-state index < -0.39 is 6.10 Å². The van der Waals surface area contributed by atoms with Crippen LogP contribution in [0.2, 0.25) is 5.02 Å². The van der Waals surface area contributed by atoms with Gasteiger partial charge in [0.05, 0.1) is 12.8 Å². The Kier molecular flexibility index (Phi) is 4.40. The fourth-order valence-electron chi connectivity index (χ4n) is 1.95. The summed E-state index contributed by atoms with van der Waals surface area (Å²) in [6, 6.07) is 7.31. The molecule has 4 heteroatoms. The largest absolute Gasteiger partial charge is 0.492 e. The molecule has 0 fully saturated rings. The quantitative estimate of drug-likeness (QED) is 0.930. The third kappa shape index (κ3) is 3.46. The predicted octanol–water partition coefficient (Wildman–Crippen LogP) is 3.52. The Morgan fingerprint density at radius 2 is 2.00 bits per heavy atom. The highest BCUT2D eigenvalue weighted by molar-refractivity contribution is 6.30. The second-order valence-electron chi connectivity index (χ2n) is 4.35. The van der Waals surface area contributed by atoms with E-state index in [4.69, 9.17) is 16.3 Å². The van der Waals surface area contributed by atoms with Crippen molar-refractivity contribution >= 4 is 11.6 Å². The molecule has 1 unspecified atom stereocenters. The second-order valence-corrected chi connectivity index (χ2v) is 4.79. The maximum Gasteiger partial charge on any atom is 0.137 e. The molecule has 2 aromatic rings. The average Bonchev–Trinajstić information content (AvgIpc) is 2.37. The Bertz CT molecular complexity index is 552. The van der Waals surface area contributed by atoms with E-state index in [1.807, 2.05) is 26.0 Å². The molecule has 0 aliphatic rings. The van der Waals surface area contributed by atoms with Crippen molar-refractivity contribution in [1.29, 1.82) is 0 Å². The summed E-state index contributed by atoms with van der Waals surface area (Å²) in [6.45, 7) is 4.41. The van der Waals surface area contributed by atoms with Gasteiger partial charge in [-0.15, -0.1) is 0 Å². The van der Waals surface area contributed by atoms with E-state index in [0.29, 0.717) is 22.9 Å². The van der Waals surface area contributed by atoms with Crippen molar-refractivity contribution in [3.8, 4) is 5.75 Å². The number of pyridine rings is 1. The van der Waals surface area contributed by atoms with E-state index in [1.54, 1.807) is 24.5 Å². The van der Waals surface area contributed by atoms with E-state index in [2.05, 4.69) is 4.98 Å². The summed E-state index contributed by atoms with van der Waals surface area (Å²) in [7, 11) is 0. The first-order valence-corrected chi connectivity index (χ1v) is 6.51. The zero-order chi connectivity index (χ0) is 13.8. The normalized spacial score (nSPS) is 12.2. The smallest absolute Gasteiger partial charge is 0.137 e. The Balaban J connectivity index is 2.32. The van der Waals surface area contributed by atoms with E-state index in [9.17, 15) is 5.11 Å². The van der Waals surface area contributed by atoms with E-state index >= 15 is 0 Å². The van der Waals surface area contributed by atoms with Gasteiger partial charge in [-0.25, -0.2) is 0 Å². The molecular formula is C15H16ClNO2. The second kappa shape index (κ2) is 6.04. The Hall–Kier alpha value is -1.58. The van der Waals surface area contributed by atoms with Crippen LogP contribution in [-0.4, -0.2) is 16.7 Å². The van der Waals surface area contributed by atoms with Crippen LogP contribution in [0.5, 0.6) is 5.75 Å². The summed E-state index contributed by atoms with van der Waals surface area (Å²) in [5, 5.41) is 11.0. The highest BCUT2D eigenvalue weighted by Gasteiger charge is 2.13. The van der Waals surface area contributed by atoms with Gasteiger partial charge in [0.25, 0.3) is 0 Å². The lowest BCUT2D eigenvalue weighted by Crippen LogP contribution is -2.02. The fraction of sp³-hybridized carbons (Fsp3) is 0.267. The van der Waals surface area contributed by atoms with Crippen molar-refractivity contribution < 1.29 is 9.84 Å². The minimum atomic E-state index is -0.759. The molecule has 0 radical (unpaired) electrons. The average molecular weight is 278 g/mol. The maximum atomic E-state index is 10.4. The molecule has 0 aliphatic heterocycles. The fourth-order valence-corrected chi connectivity index (χ4v) is 2.24. The van der Waals surface area contributed by atoms with Crippen molar-refractivity contribution in [1.82, 2.24) is 4.98 Å². The van der Waals surface area contributed by atoms with Crippen molar-refractivity contribution in [2.24, 2.45) is 0 Å². The van der Waals surface area contributed by atoms with Crippen molar-refractivity contribution in [2.45, 2.75) is 20.0 Å². The van der Waals surface area contributed by atoms with Crippen molar-refractivity contribution in [3.05, 3.63) is 58.4 Å². The first-order valence-electron chi connectivity index (χ1n) is 6.13. The lowest BCUT2D eigenvalue weighted by atomic mass is 10.0. The number of rotatable bonds is 4. The zero-order valence-electron chi connectivity index (χ0n) is 10.9. The minimum Gasteiger partial charge on any atom is -0.492 e. The van der Waals surface area contributed by atoms with E-state index in [0.717, 1.165) is 11.1 Å². The molecule has 100 valence electrons. The summed E-state index contributed by atoms with van der Waals surface area (Å²) in [5.41, 5.74) is 2.45. The number of aromatic nitrogens is 1. The van der Waals surface area contributed by atoms with Gasteiger partial charge in [0.15, 0.2) is 0 Å². The highest BCUT2D eigenvalue weighted by Crippen LogP contribution is 2.27. The van der Waals surface area contributed by atoms with Gasteiger partial charge in [0, 0.05) is 16.8 Å². The monoisotopic (exact) mass is 277 g/mol. The number of benzene rings is 1. The van der Waals surface area contributed by atoms with Gasteiger partial charge < -0.3 is 9.84 Å². The molecule has 0 spiro atoms. The van der Waals surface area contributed by atoms with Crippen molar-refractivity contribution in [3.63, 3.8) is 0 Å². The van der Waals surface area contributed by atoms with Crippen LogP contribution in [0.25, 0.3) is 0 Å². The molecule has 1 aromatic heterocycles. The highest BCUT2D eigenvalue weighted by atomic mass is 35.5. The third-order valence-corrected chi connectivity index (χ3v) is 2.96. The lowest BCUT2D eigenvalue weighted by molar-refractivity contribution is 0.219. The van der Waals surface area contributed by atoms with Gasteiger partial charge in [0.1, 0.15) is 11.9 Å². The number of aryl methyl sites for hydroxylation is 1. The van der Waals surface area contributed by atoms with Crippen LogP contribution in [-0.2, 0) is 0 Å². The lowest BCUT2D eigenvalue weighted by Gasteiger charge is -2.13. The van der Waals surface area contributed by atoms with Crippen LogP contribution in [0.3, 0.4) is 0 Å². The molecule has 1 N–H and O–H groups in total. The molecule has 19 heavy (non-hydrogen) atoms. The SMILES string of the molecule is CCOc1cncc(C(O)c2cc(C)cc(Cl)c2)c1. The molecule has 0 saturated heterocycles. The van der Waals surface area contributed by atoms with Gasteiger partial charge in [-0.3, -0.25) is 4.98 Å². The molecule has 2 rings (SSSR count). The number of hydrogen-bond donors (Lipinski definition) is 1. The van der Waals surface area contributed by atoms with Gasteiger partial charge >= 0.3 is 0 Å². The van der Waals surface area contributed by atoms with Gasteiger partial charge in [-0.2, -0.15) is 0 Å². The molecule has 1 aromatic carbocycles. The number of hydrogen-bond acceptors (Lipinski definition) is 3. The molecule has 0 saturated carbocycles. The Labute approximate surface area is 117 Å². The van der Waals surface area contributed by atoms with Gasteiger partial charge in [-0.1, -0.05) is 17.7 Å². The van der Waals surface area contributed by atoms with Gasteiger partial charge in [0.2, 0.25) is 0 Å². The van der Waals surface area contributed by atoms with Crippen LogP contribution in [0.1, 0.15) is 29.7 Å². The number of nitrogens with zero attached hydrogens (tertiary/aromatic N) is 1. The molecule has 1 atom stereocenters. The number of ether oxygens (including phenoxy) is 1. The molecule has 3 nitrogen and oxygen atoms in total. The zero-order valence-corrected chi connectivity index (χ0v) is 11.7. The molecular weight excluding hydrogens is 262 g/mol. The maximum absolute atomic E-state index is 10.4. The van der Waals surface area contributed by atoms with E-state index in [1.165, 1.54) is 0 Å². The van der Waals surface area contributed by atoms with E-state index in [-0.39, 0.29) is 0 Å². The summed E-state index contributed by atoms with van der Waals surface area (Å²) in [6.07, 6.45) is 2.50. The number of aliphatic hydroxyl groups is 1. The van der Waals surface area contributed by atoms with Crippen molar-refractivity contribution in [2.75, 3.05) is 6.61 Å². The number of aliphatic hydroxyl groups excluding tert-OH is 1. The van der Waals surface area contributed by atoms with Crippen LogP contribution in [0.4, 0.5) is 0 Å². The van der Waals surface area contributed by atoms with Crippen LogP contribution in [0, 0.1) is 6.92 Å². The minimum absolute atomic E-state index is 0.567. The molecule has 0 aliphatic carbocycles. The Morgan fingerprint density at radius 3 is 2.68 bits per heavy atom. The Morgan fingerprint density at radius 1 is 1.21 bits per heavy atom. The first-order chi connectivity index (χ1) is 9.10. The summed E-state index contributed by atoms with van der Waals surface area (Å²) in [4.78, 5) is 4.08. The molecule has 0 amide bonds. The summed E-state index contributed by atoms with van der Waals surface area (Å²) < 4.78 is 5.38. The molecule has 0 bridgehead atoms. The van der Waals surface area contributed by atoms with Crippen LogP contribution in [0.15, 0.2) is 36.7 Å². The number of halogens is 1. The predicted molar refractivity (Wildman–Crippen MR) is 75.7 cm³/mol. The van der Waals surface area contributed by atoms with Crippen LogP contribution < -0.4 is 4.74 Å². The van der Waals surface area contributed by atoms with Crippen LogP contribution >= 0.6 is 11.6 Å². The topological polar surface area (TPSA) is 42.4 Å². The summed E-state index contributed by atoms with van der Waals surface area (Å²) >= 11 is 6.01. The van der Waals surface area contributed by atoms with Gasteiger partial charge in [-0.05, 0) is 43.2 Å². The summed E-state index contributed by atoms with van der Waals surface area (Å²) in [5.74, 6) is 0.651. The first kappa shape index (κ1) is 13.8. The third-order valence-electron chi connectivity index (χ3n) is 2.74. The standard InChI is InChI=1S/C15H16ClNO2/c1-3-19-14-7-12(8-17-9-14)15(18)11-4-10(2)5-13(16)6-11/h4-9,15,18H,3H2,1-2H3. The molecule has 1 heterocycles.